The maximum Gasteiger partial charge on any atom is 0.321 e. The minimum Gasteiger partial charge on any atom is -0.353 e. The van der Waals surface area contributed by atoms with Crippen molar-refractivity contribution >= 4 is 29.4 Å². The van der Waals surface area contributed by atoms with Gasteiger partial charge < -0.3 is 15.5 Å². The van der Waals surface area contributed by atoms with Gasteiger partial charge in [-0.2, -0.15) is 0 Å². The first kappa shape index (κ1) is 19.3. The SMILES string of the molecule is Cc1ccc(SCC(=O)NC2CCN(C(=O)Nc3ccccc3)CC2)cc1. The summed E-state index contributed by atoms with van der Waals surface area (Å²) in [6.45, 7) is 3.34. The van der Waals surface area contributed by atoms with Gasteiger partial charge >= 0.3 is 6.03 Å². The number of anilines is 1. The minimum absolute atomic E-state index is 0.0489. The van der Waals surface area contributed by atoms with Gasteiger partial charge in [-0.15, -0.1) is 11.8 Å². The highest BCUT2D eigenvalue weighted by atomic mass is 32.2. The van der Waals surface area contributed by atoms with Gasteiger partial charge in [0.2, 0.25) is 5.91 Å². The molecule has 3 rings (SSSR count). The summed E-state index contributed by atoms with van der Waals surface area (Å²) in [5.41, 5.74) is 2.01. The van der Waals surface area contributed by atoms with Crippen LogP contribution >= 0.6 is 11.8 Å². The number of hydrogen-bond donors (Lipinski definition) is 2. The average Bonchev–Trinajstić information content (AvgIpc) is 2.69. The Bertz CT molecular complexity index is 757. The summed E-state index contributed by atoms with van der Waals surface area (Å²) in [5.74, 6) is 0.463. The largest absolute Gasteiger partial charge is 0.353 e. The van der Waals surface area contributed by atoms with Crippen molar-refractivity contribution in [1.29, 1.82) is 0 Å². The number of carbonyl (C=O) groups excluding carboxylic acids is 2. The molecule has 2 N–H and O–H groups in total. The maximum absolute atomic E-state index is 12.3. The van der Waals surface area contributed by atoms with Gasteiger partial charge in [0.1, 0.15) is 0 Å². The van der Waals surface area contributed by atoms with Crippen LogP contribution in [-0.4, -0.2) is 41.7 Å². The molecule has 2 aromatic rings. The quantitative estimate of drug-likeness (QED) is 0.770. The van der Waals surface area contributed by atoms with Crippen LogP contribution in [0.3, 0.4) is 0 Å². The summed E-state index contributed by atoms with van der Waals surface area (Å²) in [5, 5.41) is 6.00. The zero-order valence-electron chi connectivity index (χ0n) is 15.5. The molecule has 1 heterocycles. The monoisotopic (exact) mass is 383 g/mol. The van der Waals surface area contributed by atoms with Crippen LogP contribution in [0.5, 0.6) is 0 Å². The average molecular weight is 384 g/mol. The van der Waals surface area contributed by atoms with E-state index >= 15 is 0 Å². The normalized spacial score (nSPS) is 14.6. The summed E-state index contributed by atoms with van der Waals surface area (Å²) in [4.78, 5) is 27.4. The molecule has 0 aliphatic carbocycles. The zero-order chi connectivity index (χ0) is 19.1. The summed E-state index contributed by atoms with van der Waals surface area (Å²) in [6.07, 6.45) is 1.56. The van der Waals surface area contributed by atoms with E-state index in [9.17, 15) is 9.59 Å². The number of rotatable bonds is 5. The molecule has 6 heteroatoms. The maximum atomic E-state index is 12.3. The van der Waals surface area contributed by atoms with E-state index in [4.69, 9.17) is 0 Å². The third-order valence-electron chi connectivity index (χ3n) is 4.56. The molecule has 142 valence electrons. The number of carbonyl (C=O) groups is 2. The first-order valence-electron chi connectivity index (χ1n) is 9.20. The highest BCUT2D eigenvalue weighted by molar-refractivity contribution is 8.00. The Morgan fingerprint density at radius 3 is 2.37 bits per heavy atom. The minimum atomic E-state index is -0.0825. The van der Waals surface area contributed by atoms with E-state index in [0.29, 0.717) is 18.8 Å². The van der Waals surface area contributed by atoms with Gasteiger partial charge in [-0.3, -0.25) is 4.79 Å². The zero-order valence-corrected chi connectivity index (χ0v) is 16.3. The molecule has 1 fully saturated rings. The van der Waals surface area contributed by atoms with Gasteiger partial charge in [0.15, 0.2) is 0 Å². The molecular formula is C21H25N3O2S. The van der Waals surface area contributed by atoms with Gasteiger partial charge in [0.05, 0.1) is 5.75 Å². The lowest BCUT2D eigenvalue weighted by atomic mass is 10.1. The van der Waals surface area contributed by atoms with E-state index in [1.807, 2.05) is 49.4 Å². The van der Waals surface area contributed by atoms with Crippen LogP contribution < -0.4 is 10.6 Å². The number of piperidine rings is 1. The van der Waals surface area contributed by atoms with Crippen LogP contribution in [0.15, 0.2) is 59.5 Å². The Hall–Kier alpha value is -2.47. The molecule has 0 saturated carbocycles. The smallest absolute Gasteiger partial charge is 0.321 e. The van der Waals surface area contributed by atoms with Gasteiger partial charge in [-0.25, -0.2) is 4.79 Å². The van der Waals surface area contributed by atoms with Crippen LogP contribution in [0.25, 0.3) is 0 Å². The van der Waals surface area contributed by atoms with Crippen LogP contribution in [0.2, 0.25) is 0 Å². The summed E-state index contributed by atoms with van der Waals surface area (Å²) in [7, 11) is 0. The topological polar surface area (TPSA) is 61.4 Å². The molecule has 0 spiro atoms. The number of hydrogen-bond acceptors (Lipinski definition) is 3. The van der Waals surface area contributed by atoms with Crippen molar-refractivity contribution in [2.75, 3.05) is 24.2 Å². The van der Waals surface area contributed by atoms with Crippen LogP contribution in [-0.2, 0) is 4.79 Å². The molecule has 27 heavy (non-hydrogen) atoms. The number of thioether (sulfide) groups is 1. The second-order valence-electron chi connectivity index (χ2n) is 6.73. The molecule has 5 nitrogen and oxygen atoms in total. The summed E-state index contributed by atoms with van der Waals surface area (Å²) < 4.78 is 0. The van der Waals surface area contributed by atoms with Crippen molar-refractivity contribution in [3.8, 4) is 0 Å². The summed E-state index contributed by atoms with van der Waals surface area (Å²) in [6, 6.07) is 17.7. The molecule has 0 aromatic heterocycles. The van der Waals surface area contributed by atoms with Gasteiger partial charge in [0.25, 0.3) is 0 Å². The van der Waals surface area contributed by atoms with E-state index in [1.54, 1.807) is 16.7 Å². The molecule has 0 radical (unpaired) electrons. The molecule has 0 atom stereocenters. The Morgan fingerprint density at radius 2 is 1.70 bits per heavy atom. The molecular weight excluding hydrogens is 358 g/mol. The van der Waals surface area contributed by atoms with E-state index in [-0.39, 0.29) is 18.0 Å². The summed E-state index contributed by atoms with van der Waals surface area (Å²) >= 11 is 1.55. The fourth-order valence-corrected chi connectivity index (χ4v) is 3.71. The second kappa shape index (κ2) is 9.46. The lowest BCUT2D eigenvalue weighted by Crippen LogP contribution is -2.48. The predicted octanol–water partition coefficient (Wildman–Crippen LogP) is 3.90. The number of para-hydroxylation sites is 1. The fourth-order valence-electron chi connectivity index (χ4n) is 3.00. The molecule has 3 amide bonds. The van der Waals surface area contributed by atoms with Crippen LogP contribution in [0.4, 0.5) is 10.5 Å². The van der Waals surface area contributed by atoms with Crippen molar-refractivity contribution < 1.29 is 9.59 Å². The van der Waals surface area contributed by atoms with Gasteiger partial charge in [-0.1, -0.05) is 35.9 Å². The molecule has 1 aliphatic heterocycles. The fraction of sp³-hybridized carbons (Fsp3) is 0.333. The second-order valence-corrected chi connectivity index (χ2v) is 7.78. The number of nitrogens with zero attached hydrogens (tertiary/aromatic N) is 1. The van der Waals surface area contributed by atoms with E-state index < -0.39 is 0 Å². The van der Waals surface area contributed by atoms with E-state index in [1.165, 1.54) is 5.56 Å². The van der Waals surface area contributed by atoms with Gasteiger partial charge in [0, 0.05) is 29.7 Å². The number of benzene rings is 2. The number of aryl methyl sites for hydroxylation is 1. The molecule has 1 saturated heterocycles. The number of urea groups is 1. The van der Waals surface area contributed by atoms with Crippen LogP contribution in [0, 0.1) is 6.92 Å². The van der Waals surface area contributed by atoms with Crippen molar-refractivity contribution in [2.45, 2.75) is 30.7 Å². The Kier molecular flexibility index (Phi) is 6.76. The molecule has 2 aromatic carbocycles. The first-order valence-corrected chi connectivity index (χ1v) is 10.2. The Balaban J connectivity index is 1.38. The third-order valence-corrected chi connectivity index (χ3v) is 5.58. The van der Waals surface area contributed by atoms with E-state index in [2.05, 4.69) is 22.8 Å². The Labute approximate surface area is 164 Å². The Morgan fingerprint density at radius 1 is 1.04 bits per heavy atom. The molecule has 0 unspecified atom stereocenters. The van der Waals surface area contributed by atoms with Crippen LogP contribution in [0.1, 0.15) is 18.4 Å². The first-order chi connectivity index (χ1) is 13.1. The van der Waals surface area contributed by atoms with Gasteiger partial charge in [-0.05, 0) is 44.0 Å². The highest BCUT2D eigenvalue weighted by Crippen LogP contribution is 2.18. The van der Waals surface area contributed by atoms with E-state index in [0.717, 1.165) is 23.4 Å². The predicted molar refractivity (Wildman–Crippen MR) is 110 cm³/mol. The lowest BCUT2D eigenvalue weighted by molar-refractivity contribution is -0.119. The lowest BCUT2D eigenvalue weighted by Gasteiger charge is -2.32. The number of likely N-dealkylation sites (tertiary alicyclic amines) is 1. The third kappa shape index (κ3) is 6.03. The highest BCUT2D eigenvalue weighted by Gasteiger charge is 2.23. The molecule has 0 bridgehead atoms. The van der Waals surface area contributed by atoms with Crippen molar-refractivity contribution in [1.82, 2.24) is 10.2 Å². The number of amides is 3. The standard InChI is InChI=1S/C21H25N3O2S/c1-16-7-9-19(10-8-16)27-15-20(25)22-18-11-13-24(14-12-18)21(26)23-17-5-3-2-4-6-17/h2-10,18H,11-15H2,1H3,(H,22,25)(H,23,26). The van der Waals surface area contributed by atoms with Crippen molar-refractivity contribution in [3.63, 3.8) is 0 Å². The molecule has 1 aliphatic rings. The number of nitrogens with one attached hydrogen (secondary N) is 2. The van der Waals surface area contributed by atoms with Crippen molar-refractivity contribution in [2.24, 2.45) is 0 Å². The van der Waals surface area contributed by atoms with Crippen molar-refractivity contribution in [3.05, 3.63) is 60.2 Å².